The van der Waals surface area contributed by atoms with Crippen LogP contribution in [0.4, 0.5) is 0 Å². The molecule has 0 saturated carbocycles. The first-order chi connectivity index (χ1) is 11.8. The van der Waals surface area contributed by atoms with E-state index in [4.69, 9.17) is 4.74 Å². The molecule has 0 spiro atoms. The van der Waals surface area contributed by atoms with Crippen LogP contribution in [0.15, 0.2) is 54.9 Å². The maximum Gasteiger partial charge on any atom is 0.253 e. The van der Waals surface area contributed by atoms with Gasteiger partial charge in [-0.2, -0.15) is 0 Å². The third-order valence-electron chi connectivity index (χ3n) is 4.22. The van der Waals surface area contributed by atoms with Crippen molar-refractivity contribution >= 4 is 16.8 Å². The number of hydrogen-bond acceptors (Lipinski definition) is 4. The van der Waals surface area contributed by atoms with Gasteiger partial charge in [-0.25, -0.2) is 9.97 Å². The Balaban J connectivity index is 1.55. The molecule has 0 N–H and O–H groups in total. The number of aromatic nitrogens is 2. The Bertz CT molecular complexity index is 866. The first-order valence-corrected chi connectivity index (χ1v) is 8.08. The fourth-order valence-corrected chi connectivity index (χ4v) is 2.94. The number of hydrogen-bond donors (Lipinski definition) is 0. The topological polar surface area (TPSA) is 55.3 Å². The lowest BCUT2D eigenvalue weighted by Crippen LogP contribution is -2.27. The third kappa shape index (κ3) is 2.80. The summed E-state index contributed by atoms with van der Waals surface area (Å²) < 4.78 is 5.88. The lowest BCUT2D eigenvalue weighted by atomic mass is 10.2. The molecule has 3 aromatic rings. The number of carbonyl (C=O) groups is 1. The van der Waals surface area contributed by atoms with E-state index >= 15 is 0 Å². The lowest BCUT2D eigenvalue weighted by molar-refractivity contribution is 0.0793. The van der Waals surface area contributed by atoms with Crippen LogP contribution in [-0.4, -0.2) is 33.9 Å². The molecule has 4 rings (SSSR count). The average Bonchev–Trinajstić information content (AvgIpc) is 3.17. The molecule has 0 radical (unpaired) electrons. The monoisotopic (exact) mass is 319 g/mol. The second kappa shape index (κ2) is 6.28. The smallest absolute Gasteiger partial charge is 0.253 e. The Labute approximate surface area is 139 Å². The first kappa shape index (κ1) is 14.6. The summed E-state index contributed by atoms with van der Waals surface area (Å²) in [6, 6.07) is 14.9. The molecule has 0 atom stereocenters. The summed E-state index contributed by atoms with van der Waals surface area (Å²) in [5.41, 5.74) is 1.53. The van der Waals surface area contributed by atoms with E-state index in [-0.39, 0.29) is 5.91 Å². The van der Waals surface area contributed by atoms with Crippen molar-refractivity contribution in [2.75, 3.05) is 13.1 Å². The largest absolute Gasteiger partial charge is 0.438 e. The molecule has 1 aliphatic heterocycles. The fourth-order valence-electron chi connectivity index (χ4n) is 2.94. The van der Waals surface area contributed by atoms with E-state index in [2.05, 4.69) is 9.97 Å². The maximum atomic E-state index is 12.4. The predicted molar refractivity (Wildman–Crippen MR) is 91.2 cm³/mol. The van der Waals surface area contributed by atoms with Crippen molar-refractivity contribution in [3.63, 3.8) is 0 Å². The van der Waals surface area contributed by atoms with Gasteiger partial charge in [0.15, 0.2) is 0 Å². The Morgan fingerprint density at radius 2 is 1.71 bits per heavy atom. The SMILES string of the molecule is O=C(c1ccc(Oc2ncnc3ccccc23)cc1)N1CCCC1. The first-order valence-electron chi connectivity index (χ1n) is 8.08. The van der Waals surface area contributed by atoms with Crippen molar-refractivity contribution in [1.82, 2.24) is 14.9 Å². The van der Waals surface area contributed by atoms with Gasteiger partial charge in [-0.3, -0.25) is 4.79 Å². The van der Waals surface area contributed by atoms with Crippen LogP contribution in [0, 0.1) is 0 Å². The molecule has 0 bridgehead atoms. The van der Waals surface area contributed by atoms with Gasteiger partial charge in [-0.15, -0.1) is 0 Å². The zero-order chi connectivity index (χ0) is 16.4. The van der Waals surface area contributed by atoms with Crippen LogP contribution in [0.25, 0.3) is 10.9 Å². The number of ether oxygens (including phenoxy) is 1. The van der Waals surface area contributed by atoms with E-state index in [0.717, 1.165) is 36.8 Å². The highest BCUT2D eigenvalue weighted by atomic mass is 16.5. The Kier molecular flexibility index (Phi) is 3.83. The van der Waals surface area contributed by atoms with Crippen LogP contribution in [0.3, 0.4) is 0 Å². The summed E-state index contributed by atoms with van der Waals surface area (Å²) in [5, 5.41) is 0.859. The second-order valence-corrected chi connectivity index (χ2v) is 5.82. The standard InChI is InChI=1S/C19H17N3O2/c23-19(22-11-3-4-12-22)14-7-9-15(10-8-14)24-18-16-5-1-2-6-17(16)20-13-21-18/h1-2,5-10,13H,3-4,11-12H2. The van der Waals surface area contributed by atoms with Gasteiger partial charge < -0.3 is 9.64 Å². The molecular weight excluding hydrogens is 302 g/mol. The molecule has 2 heterocycles. The van der Waals surface area contributed by atoms with Crippen LogP contribution >= 0.6 is 0 Å². The number of carbonyl (C=O) groups excluding carboxylic acids is 1. The van der Waals surface area contributed by atoms with Gasteiger partial charge in [0.25, 0.3) is 5.91 Å². The normalized spacial score (nSPS) is 14.1. The quantitative estimate of drug-likeness (QED) is 0.739. The molecule has 5 heteroatoms. The summed E-state index contributed by atoms with van der Waals surface area (Å²) in [6.45, 7) is 1.70. The van der Waals surface area contributed by atoms with Crippen LogP contribution in [0.1, 0.15) is 23.2 Å². The van der Waals surface area contributed by atoms with Crippen molar-refractivity contribution in [3.05, 3.63) is 60.4 Å². The van der Waals surface area contributed by atoms with Gasteiger partial charge >= 0.3 is 0 Å². The number of fused-ring (bicyclic) bond motifs is 1. The molecule has 5 nitrogen and oxygen atoms in total. The average molecular weight is 319 g/mol. The minimum atomic E-state index is 0.0894. The summed E-state index contributed by atoms with van der Waals surface area (Å²) >= 11 is 0. The van der Waals surface area contributed by atoms with Crippen LogP contribution < -0.4 is 4.74 Å². The zero-order valence-corrected chi connectivity index (χ0v) is 13.2. The fraction of sp³-hybridized carbons (Fsp3) is 0.211. The molecule has 1 aromatic heterocycles. The maximum absolute atomic E-state index is 12.4. The van der Waals surface area contributed by atoms with Gasteiger partial charge in [0.05, 0.1) is 10.9 Å². The van der Waals surface area contributed by atoms with Crippen molar-refractivity contribution in [2.24, 2.45) is 0 Å². The third-order valence-corrected chi connectivity index (χ3v) is 4.22. The Hall–Kier alpha value is -2.95. The van der Waals surface area contributed by atoms with E-state index in [1.807, 2.05) is 29.2 Å². The molecule has 120 valence electrons. The highest BCUT2D eigenvalue weighted by Gasteiger charge is 2.19. The number of nitrogens with zero attached hydrogens (tertiary/aromatic N) is 3. The highest BCUT2D eigenvalue weighted by molar-refractivity contribution is 5.94. The van der Waals surface area contributed by atoms with E-state index in [1.165, 1.54) is 6.33 Å². The zero-order valence-electron chi connectivity index (χ0n) is 13.2. The van der Waals surface area contributed by atoms with Crippen LogP contribution in [0.5, 0.6) is 11.6 Å². The molecule has 2 aromatic carbocycles. The molecule has 0 unspecified atom stereocenters. The van der Waals surface area contributed by atoms with Gasteiger partial charge in [0, 0.05) is 18.7 Å². The van der Waals surface area contributed by atoms with E-state index in [1.54, 1.807) is 24.3 Å². The molecule has 1 saturated heterocycles. The summed E-state index contributed by atoms with van der Waals surface area (Å²) in [5.74, 6) is 1.25. The van der Waals surface area contributed by atoms with Crippen LogP contribution in [0.2, 0.25) is 0 Å². The molecular formula is C19H17N3O2. The number of benzene rings is 2. The molecule has 1 aliphatic rings. The highest BCUT2D eigenvalue weighted by Crippen LogP contribution is 2.26. The summed E-state index contributed by atoms with van der Waals surface area (Å²) in [7, 11) is 0. The van der Waals surface area contributed by atoms with Gasteiger partial charge in [0.1, 0.15) is 12.1 Å². The number of para-hydroxylation sites is 1. The summed E-state index contributed by atoms with van der Waals surface area (Å²) in [6.07, 6.45) is 3.67. The minimum absolute atomic E-state index is 0.0894. The minimum Gasteiger partial charge on any atom is -0.438 e. The van der Waals surface area contributed by atoms with Crippen molar-refractivity contribution in [1.29, 1.82) is 0 Å². The van der Waals surface area contributed by atoms with Gasteiger partial charge in [-0.05, 0) is 49.2 Å². The van der Waals surface area contributed by atoms with Gasteiger partial charge in [0.2, 0.25) is 5.88 Å². The molecule has 1 fully saturated rings. The van der Waals surface area contributed by atoms with E-state index in [9.17, 15) is 4.79 Å². The van der Waals surface area contributed by atoms with Crippen molar-refractivity contribution in [3.8, 4) is 11.6 Å². The number of likely N-dealkylation sites (tertiary alicyclic amines) is 1. The molecule has 1 amide bonds. The van der Waals surface area contributed by atoms with E-state index < -0.39 is 0 Å². The molecule has 0 aliphatic carbocycles. The summed E-state index contributed by atoms with van der Waals surface area (Å²) in [4.78, 5) is 22.7. The van der Waals surface area contributed by atoms with Gasteiger partial charge in [-0.1, -0.05) is 12.1 Å². The van der Waals surface area contributed by atoms with Crippen LogP contribution in [-0.2, 0) is 0 Å². The van der Waals surface area contributed by atoms with E-state index in [0.29, 0.717) is 17.2 Å². The second-order valence-electron chi connectivity index (χ2n) is 5.82. The number of rotatable bonds is 3. The Morgan fingerprint density at radius 1 is 0.958 bits per heavy atom. The van der Waals surface area contributed by atoms with Crippen molar-refractivity contribution < 1.29 is 9.53 Å². The number of amides is 1. The predicted octanol–water partition coefficient (Wildman–Crippen LogP) is 3.66. The Morgan fingerprint density at radius 3 is 2.50 bits per heavy atom. The molecule has 24 heavy (non-hydrogen) atoms. The lowest BCUT2D eigenvalue weighted by Gasteiger charge is -2.15. The van der Waals surface area contributed by atoms with Crippen molar-refractivity contribution in [2.45, 2.75) is 12.8 Å².